The van der Waals surface area contributed by atoms with E-state index in [-0.39, 0.29) is 5.91 Å². The Morgan fingerprint density at radius 3 is 2.66 bits per heavy atom. The van der Waals surface area contributed by atoms with Crippen LogP contribution in [0.2, 0.25) is 0 Å². The van der Waals surface area contributed by atoms with Gasteiger partial charge in [-0.3, -0.25) is 4.79 Å². The number of aryl methyl sites for hydroxylation is 3. The summed E-state index contributed by atoms with van der Waals surface area (Å²) in [5.74, 6) is 0.814. The molecule has 0 aliphatic carbocycles. The van der Waals surface area contributed by atoms with Crippen molar-refractivity contribution in [1.29, 1.82) is 0 Å². The molecule has 2 aliphatic rings. The number of fused-ring (bicyclic) bond motifs is 1. The summed E-state index contributed by atoms with van der Waals surface area (Å²) in [6, 6.07) is 11.2. The molecule has 0 spiro atoms. The molecule has 2 aromatic rings. The molecule has 156 valence electrons. The Kier molecular flexibility index (Phi) is 6.34. The molecule has 1 N–H and O–H groups in total. The lowest BCUT2D eigenvalue weighted by Gasteiger charge is -2.44. The van der Waals surface area contributed by atoms with E-state index in [1.807, 2.05) is 11.6 Å². The maximum absolute atomic E-state index is 12.4. The number of hydrogen-bond acceptors (Lipinski definition) is 3. The molecular weight excluding hydrogens is 360 g/mol. The van der Waals surface area contributed by atoms with E-state index < -0.39 is 0 Å². The second kappa shape index (κ2) is 9.12. The van der Waals surface area contributed by atoms with Crippen LogP contribution < -0.4 is 5.32 Å². The second-order valence-electron chi connectivity index (χ2n) is 8.81. The number of nitrogens with zero attached hydrogens (tertiary/aromatic N) is 3. The van der Waals surface area contributed by atoms with Crippen molar-refractivity contribution in [1.82, 2.24) is 20.0 Å². The fourth-order valence-electron chi connectivity index (χ4n) is 5.10. The first-order valence-electron chi connectivity index (χ1n) is 11.2. The molecule has 2 aliphatic heterocycles. The Morgan fingerprint density at radius 1 is 1.10 bits per heavy atom. The number of aromatic nitrogens is 2. The Hall–Kier alpha value is -2.14. The van der Waals surface area contributed by atoms with Crippen LogP contribution in [0, 0.1) is 19.8 Å². The maximum Gasteiger partial charge on any atom is 0.220 e. The molecule has 3 heterocycles. The molecule has 0 unspecified atom stereocenters. The third-order valence-electron chi connectivity index (χ3n) is 6.62. The summed E-state index contributed by atoms with van der Waals surface area (Å²) < 4.78 is 1.96. The van der Waals surface area contributed by atoms with E-state index in [1.165, 1.54) is 50.8 Å². The van der Waals surface area contributed by atoms with Crippen molar-refractivity contribution in [2.75, 3.05) is 19.6 Å². The van der Waals surface area contributed by atoms with Crippen LogP contribution in [-0.4, -0.2) is 46.3 Å². The molecule has 29 heavy (non-hydrogen) atoms. The van der Waals surface area contributed by atoms with Crippen LogP contribution in [0.15, 0.2) is 30.3 Å². The standard InChI is InChI=1S/C24H34N4O/c1-18-16-19(2)28(26-18)22-11-8-20(9-12-22)10-13-24(29)25-17-21-6-5-15-27-14-4-3-7-23(21)27/h8-9,11-12,16,21,23H,3-7,10,13-15,17H2,1-2H3,(H,25,29)/t21-,23-/m1/s1. The van der Waals surface area contributed by atoms with Gasteiger partial charge in [0.15, 0.2) is 0 Å². The number of benzene rings is 1. The lowest BCUT2D eigenvalue weighted by Crippen LogP contribution is -2.51. The number of rotatable bonds is 6. The molecule has 1 amide bonds. The molecule has 1 aromatic heterocycles. The summed E-state index contributed by atoms with van der Waals surface area (Å²) in [5.41, 5.74) is 4.42. The monoisotopic (exact) mass is 394 g/mol. The molecule has 0 bridgehead atoms. The van der Waals surface area contributed by atoms with Crippen LogP contribution in [0.5, 0.6) is 0 Å². The summed E-state index contributed by atoms with van der Waals surface area (Å²) in [4.78, 5) is 15.1. The van der Waals surface area contributed by atoms with Crippen molar-refractivity contribution in [2.45, 2.75) is 64.8 Å². The van der Waals surface area contributed by atoms with Crippen LogP contribution in [0.1, 0.15) is 55.5 Å². The van der Waals surface area contributed by atoms with Crippen LogP contribution in [0.4, 0.5) is 0 Å². The van der Waals surface area contributed by atoms with Crippen molar-refractivity contribution in [3.8, 4) is 5.69 Å². The fourth-order valence-corrected chi connectivity index (χ4v) is 5.10. The third kappa shape index (κ3) is 4.89. The molecule has 2 atom stereocenters. The van der Waals surface area contributed by atoms with Gasteiger partial charge in [-0.25, -0.2) is 4.68 Å². The zero-order valence-corrected chi connectivity index (χ0v) is 17.9. The molecule has 4 rings (SSSR count). The maximum atomic E-state index is 12.4. The lowest BCUT2D eigenvalue weighted by molar-refractivity contribution is -0.121. The largest absolute Gasteiger partial charge is 0.356 e. The van der Waals surface area contributed by atoms with Gasteiger partial charge in [-0.05, 0) is 88.7 Å². The number of carbonyl (C=O) groups excluding carboxylic acids is 1. The topological polar surface area (TPSA) is 50.2 Å². The number of piperidine rings is 2. The minimum Gasteiger partial charge on any atom is -0.356 e. The summed E-state index contributed by atoms with van der Waals surface area (Å²) in [6.45, 7) is 7.43. The molecule has 5 heteroatoms. The summed E-state index contributed by atoms with van der Waals surface area (Å²) in [7, 11) is 0. The van der Waals surface area contributed by atoms with Crippen molar-refractivity contribution in [3.63, 3.8) is 0 Å². The Labute approximate surface area is 174 Å². The molecule has 0 saturated carbocycles. The highest BCUT2D eigenvalue weighted by atomic mass is 16.1. The number of amides is 1. The summed E-state index contributed by atoms with van der Waals surface area (Å²) in [5, 5.41) is 7.75. The van der Waals surface area contributed by atoms with Gasteiger partial charge >= 0.3 is 0 Å². The van der Waals surface area contributed by atoms with Gasteiger partial charge in [0, 0.05) is 24.7 Å². The normalized spacial score (nSPS) is 22.3. The van der Waals surface area contributed by atoms with Gasteiger partial charge in [-0.2, -0.15) is 5.10 Å². The van der Waals surface area contributed by atoms with Crippen LogP contribution >= 0.6 is 0 Å². The molecule has 5 nitrogen and oxygen atoms in total. The van der Waals surface area contributed by atoms with Crippen molar-refractivity contribution < 1.29 is 4.79 Å². The van der Waals surface area contributed by atoms with E-state index in [1.54, 1.807) is 0 Å². The van der Waals surface area contributed by atoms with E-state index in [9.17, 15) is 4.79 Å². The zero-order chi connectivity index (χ0) is 20.2. The highest BCUT2D eigenvalue weighted by molar-refractivity contribution is 5.76. The van der Waals surface area contributed by atoms with Crippen LogP contribution in [0.25, 0.3) is 5.69 Å². The number of nitrogens with one attached hydrogen (secondary N) is 1. The molecule has 0 radical (unpaired) electrons. The molecule has 2 saturated heterocycles. The van der Waals surface area contributed by atoms with Gasteiger partial charge in [0.25, 0.3) is 0 Å². The minimum absolute atomic E-state index is 0.181. The van der Waals surface area contributed by atoms with Gasteiger partial charge in [0.05, 0.1) is 11.4 Å². The average Bonchev–Trinajstić information content (AvgIpc) is 3.09. The first kappa shape index (κ1) is 20.1. The van der Waals surface area contributed by atoms with E-state index in [0.29, 0.717) is 18.4 Å². The summed E-state index contributed by atoms with van der Waals surface area (Å²) in [6.07, 6.45) is 7.87. The first-order chi connectivity index (χ1) is 14.1. The number of carbonyl (C=O) groups is 1. The molecule has 2 fully saturated rings. The SMILES string of the molecule is Cc1cc(C)n(-c2ccc(CCC(=O)NC[C@H]3CCCN4CCCC[C@H]34)cc2)n1. The Morgan fingerprint density at radius 2 is 1.90 bits per heavy atom. The molecular formula is C24H34N4O. The van der Waals surface area contributed by atoms with Crippen molar-refractivity contribution >= 4 is 5.91 Å². The van der Waals surface area contributed by atoms with Gasteiger partial charge < -0.3 is 10.2 Å². The van der Waals surface area contributed by atoms with E-state index in [0.717, 1.165) is 30.0 Å². The third-order valence-corrected chi connectivity index (χ3v) is 6.62. The van der Waals surface area contributed by atoms with Crippen molar-refractivity contribution in [3.05, 3.63) is 47.3 Å². The van der Waals surface area contributed by atoms with Gasteiger partial charge in [0.2, 0.25) is 5.91 Å². The van der Waals surface area contributed by atoms with E-state index >= 15 is 0 Å². The minimum atomic E-state index is 0.181. The highest BCUT2D eigenvalue weighted by Gasteiger charge is 2.32. The van der Waals surface area contributed by atoms with Gasteiger partial charge in [0.1, 0.15) is 0 Å². The Balaban J connectivity index is 1.25. The van der Waals surface area contributed by atoms with Gasteiger partial charge in [-0.1, -0.05) is 18.6 Å². The van der Waals surface area contributed by atoms with Crippen LogP contribution in [-0.2, 0) is 11.2 Å². The fraction of sp³-hybridized carbons (Fsp3) is 0.583. The zero-order valence-electron chi connectivity index (χ0n) is 17.9. The van der Waals surface area contributed by atoms with Crippen LogP contribution in [0.3, 0.4) is 0 Å². The highest BCUT2D eigenvalue weighted by Crippen LogP contribution is 2.30. The van der Waals surface area contributed by atoms with E-state index in [2.05, 4.69) is 52.6 Å². The quantitative estimate of drug-likeness (QED) is 0.811. The summed E-state index contributed by atoms with van der Waals surface area (Å²) >= 11 is 0. The van der Waals surface area contributed by atoms with Crippen molar-refractivity contribution in [2.24, 2.45) is 5.92 Å². The molecule has 1 aromatic carbocycles. The van der Waals surface area contributed by atoms with E-state index in [4.69, 9.17) is 0 Å². The predicted octanol–water partition coefficient (Wildman–Crippen LogP) is 3.80. The number of hydrogen-bond donors (Lipinski definition) is 1. The average molecular weight is 395 g/mol. The lowest BCUT2D eigenvalue weighted by atomic mass is 9.83. The smallest absolute Gasteiger partial charge is 0.220 e. The second-order valence-corrected chi connectivity index (χ2v) is 8.81. The predicted molar refractivity (Wildman–Crippen MR) is 116 cm³/mol. The Bertz CT molecular complexity index is 824. The van der Waals surface area contributed by atoms with Gasteiger partial charge in [-0.15, -0.1) is 0 Å². The first-order valence-corrected chi connectivity index (χ1v) is 11.2.